The maximum Gasteiger partial charge on any atom is 0.137 e. The number of aromatic nitrogens is 1. The molecule has 1 heterocycles. The molecule has 1 aromatic heterocycles. The minimum atomic E-state index is 0.721. The van der Waals surface area contributed by atoms with E-state index in [0.29, 0.717) is 0 Å². The Morgan fingerprint density at radius 3 is 2.94 bits per heavy atom. The molecular formula is C14H22N2O. The van der Waals surface area contributed by atoms with Crippen molar-refractivity contribution < 1.29 is 4.74 Å². The van der Waals surface area contributed by atoms with Crippen LogP contribution in [0, 0.1) is 5.92 Å². The minimum absolute atomic E-state index is 0.721. The molecule has 0 saturated heterocycles. The van der Waals surface area contributed by atoms with Crippen LogP contribution >= 0.6 is 0 Å². The van der Waals surface area contributed by atoms with Gasteiger partial charge in [-0.3, -0.25) is 4.98 Å². The molecule has 1 fully saturated rings. The molecule has 0 spiro atoms. The van der Waals surface area contributed by atoms with Crippen molar-refractivity contribution in [2.45, 2.75) is 32.1 Å². The lowest BCUT2D eigenvalue weighted by molar-refractivity contribution is 0.294. The topological polar surface area (TPSA) is 34.1 Å². The van der Waals surface area contributed by atoms with E-state index in [1.54, 1.807) is 12.4 Å². The van der Waals surface area contributed by atoms with E-state index in [-0.39, 0.29) is 0 Å². The van der Waals surface area contributed by atoms with Crippen molar-refractivity contribution in [2.24, 2.45) is 5.92 Å². The molecule has 0 radical (unpaired) electrons. The van der Waals surface area contributed by atoms with E-state index in [2.05, 4.69) is 10.3 Å². The minimum Gasteiger partial charge on any atom is -0.491 e. The third kappa shape index (κ3) is 4.73. The molecule has 0 amide bonds. The maximum absolute atomic E-state index is 5.57. The van der Waals surface area contributed by atoms with Crippen LogP contribution in [0.1, 0.15) is 32.1 Å². The van der Waals surface area contributed by atoms with Gasteiger partial charge in [0.25, 0.3) is 0 Å². The summed E-state index contributed by atoms with van der Waals surface area (Å²) in [5.74, 6) is 1.74. The Labute approximate surface area is 104 Å². The van der Waals surface area contributed by atoms with E-state index in [9.17, 15) is 0 Å². The van der Waals surface area contributed by atoms with Crippen LogP contribution in [-0.4, -0.2) is 24.7 Å². The zero-order valence-electron chi connectivity index (χ0n) is 10.4. The zero-order chi connectivity index (χ0) is 11.8. The lowest BCUT2D eigenvalue weighted by atomic mass is 9.89. The van der Waals surface area contributed by atoms with Gasteiger partial charge in [-0.25, -0.2) is 0 Å². The standard InChI is InChI=1S/C14H22N2O/c1-2-5-13(6-3-1)11-16-9-10-17-14-7-4-8-15-12-14/h4,7-8,12-13,16H,1-3,5-6,9-11H2. The van der Waals surface area contributed by atoms with Crippen molar-refractivity contribution in [3.8, 4) is 5.75 Å². The Bertz CT molecular complexity index is 296. The Morgan fingerprint density at radius 2 is 2.18 bits per heavy atom. The fourth-order valence-electron chi connectivity index (χ4n) is 2.37. The molecule has 1 saturated carbocycles. The summed E-state index contributed by atoms with van der Waals surface area (Å²) in [6.45, 7) is 2.79. The van der Waals surface area contributed by atoms with Gasteiger partial charge in [0.2, 0.25) is 0 Å². The molecule has 0 bridgehead atoms. The van der Waals surface area contributed by atoms with Crippen molar-refractivity contribution in [2.75, 3.05) is 19.7 Å². The third-order valence-electron chi connectivity index (χ3n) is 3.34. The summed E-state index contributed by atoms with van der Waals surface area (Å²) in [7, 11) is 0. The van der Waals surface area contributed by atoms with E-state index in [1.165, 1.54) is 32.1 Å². The van der Waals surface area contributed by atoms with Crippen molar-refractivity contribution in [1.29, 1.82) is 0 Å². The second kappa shape index (κ2) is 7.28. The molecule has 2 rings (SSSR count). The number of nitrogens with zero attached hydrogens (tertiary/aromatic N) is 1. The van der Waals surface area contributed by atoms with Gasteiger partial charge in [0, 0.05) is 12.7 Å². The second-order valence-corrected chi connectivity index (χ2v) is 4.75. The summed E-state index contributed by atoms with van der Waals surface area (Å²) in [6.07, 6.45) is 10.6. The first-order valence-electron chi connectivity index (χ1n) is 6.69. The first kappa shape index (κ1) is 12.4. The molecule has 1 N–H and O–H groups in total. The highest BCUT2D eigenvalue weighted by Gasteiger charge is 2.12. The normalized spacial score (nSPS) is 16.9. The summed E-state index contributed by atoms with van der Waals surface area (Å²) >= 11 is 0. The summed E-state index contributed by atoms with van der Waals surface area (Å²) < 4.78 is 5.57. The molecular weight excluding hydrogens is 212 g/mol. The number of hydrogen-bond acceptors (Lipinski definition) is 3. The van der Waals surface area contributed by atoms with Gasteiger partial charge in [-0.2, -0.15) is 0 Å². The largest absolute Gasteiger partial charge is 0.491 e. The van der Waals surface area contributed by atoms with Crippen LogP contribution in [0.4, 0.5) is 0 Å². The first-order valence-corrected chi connectivity index (χ1v) is 6.69. The molecule has 3 heteroatoms. The van der Waals surface area contributed by atoms with Crippen LogP contribution in [0.2, 0.25) is 0 Å². The molecule has 17 heavy (non-hydrogen) atoms. The van der Waals surface area contributed by atoms with Crippen molar-refractivity contribution in [3.63, 3.8) is 0 Å². The van der Waals surface area contributed by atoms with Gasteiger partial charge in [-0.1, -0.05) is 19.3 Å². The van der Waals surface area contributed by atoms with Gasteiger partial charge < -0.3 is 10.1 Å². The molecule has 0 aliphatic heterocycles. The van der Waals surface area contributed by atoms with Crippen LogP contribution in [-0.2, 0) is 0 Å². The highest BCUT2D eigenvalue weighted by Crippen LogP contribution is 2.22. The third-order valence-corrected chi connectivity index (χ3v) is 3.34. The van der Waals surface area contributed by atoms with Gasteiger partial charge >= 0.3 is 0 Å². The Balaban J connectivity index is 1.51. The van der Waals surface area contributed by atoms with Crippen LogP contribution < -0.4 is 10.1 Å². The second-order valence-electron chi connectivity index (χ2n) is 4.75. The molecule has 0 atom stereocenters. The molecule has 0 unspecified atom stereocenters. The number of hydrogen-bond donors (Lipinski definition) is 1. The Morgan fingerprint density at radius 1 is 1.29 bits per heavy atom. The van der Waals surface area contributed by atoms with E-state index < -0.39 is 0 Å². The summed E-state index contributed by atoms with van der Waals surface area (Å²) in [6, 6.07) is 3.83. The van der Waals surface area contributed by atoms with Crippen LogP contribution in [0.15, 0.2) is 24.5 Å². The highest BCUT2D eigenvalue weighted by molar-refractivity contribution is 5.15. The quantitative estimate of drug-likeness (QED) is 0.768. The van der Waals surface area contributed by atoms with Gasteiger partial charge in [0.05, 0.1) is 6.20 Å². The zero-order valence-corrected chi connectivity index (χ0v) is 10.4. The fourth-order valence-corrected chi connectivity index (χ4v) is 2.37. The van der Waals surface area contributed by atoms with Crippen LogP contribution in [0.5, 0.6) is 5.75 Å². The van der Waals surface area contributed by atoms with Gasteiger partial charge in [0.1, 0.15) is 12.4 Å². The van der Waals surface area contributed by atoms with Gasteiger partial charge in [0.15, 0.2) is 0 Å². The monoisotopic (exact) mass is 234 g/mol. The molecule has 0 aromatic carbocycles. The molecule has 1 aliphatic rings. The lowest BCUT2D eigenvalue weighted by Crippen LogP contribution is -2.28. The van der Waals surface area contributed by atoms with Crippen LogP contribution in [0.25, 0.3) is 0 Å². The van der Waals surface area contributed by atoms with Crippen molar-refractivity contribution in [1.82, 2.24) is 10.3 Å². The summed E-state index contributed by atoms with van der Waals surface area (Å²) in [5, 5.41) is 3.48. The summed E-state index contributed by atoms with van der Waals surface area (Å²) in [4.78, 5) is 4.01. The number of pyridine rings is 1. The van der Waals surface area contributed by atoms with Gasteiger partial charge in [-0.05, 0) is 37.4 Å². The highest BCUT2D eigenvalue weighted by atomic mass is 16.5. The fraction of sp³-hybridized carbons (Fsp3) is 0.643. The van der Waals surface area contributed by atoms with Gasteiger partial charge in [-0.15, -0.1) is 0 Å². The van der Waals surface area contributed by atoms with E-state index in [4.69, 9.17) is 4.74 Å². The number of rotatable bonds is 6. The maximum atomic E-state index is 5.57. The average Bonchev–Trinajstić information content (AvgIpc) is 2.41. The Kier molecular flexibility index (Phi) is 5.30. The molecule has 1 aliphatic carbocycles. The SMILES string of the molecule is c1cncc(OCCNCC2CCCCC2)c1. The number of ether oxygens (including phenoxy) is 1. The Hall–Kier alpha value is -1.09. The number of nitrogens with one attached hydrogen (secondary N) is 1. The van der Waals surface area contributed by atoms with Crippen molar-refractivity contribution in [3.05, 3.63) is 24.5 Å². The average molecular weight is 234 g/mol. The summed E-state index contributed by atoms with van der Waals surface area (Å²) in [5.41, 5.74) is 0. The van der Waals surface area contributed by atoms with E-state index >= 15 is 0 Å². The lowest BCUT2D eigenvalue weighted by Gasteiger charge is -2.21. The molecule has 3 nitrogen and oxygen atoms in total. The smallest absolute Gasteiger partial charge is 0.137 e. The van der Waals surface area contributed by atoms with Crippen LogP contribution in [0.3, 0.4) is 0 Å². The predicted octanol–water partition coefficient (Wildman–Crippen LogP) is 2.63. The predicted molar refractivity (Wildman–Crippen MR) is 69.2 cm³/mol. The van der Waals surface area contributed by atoms with Crippen molar-refractivity contribution >= 4 is 0 Å². The van der Waals surface area contributed by atoms with E-state index in [1.807, 2.05) is 12.1 Å². The first-order chi connectivity index (χ1) is 8.45. The molecule has 94 valence electrons. The molecule has 1 aromatic rings. The van der Waals surface area contributed by atoms with E-state index in [0.717, 1.165) is 31.4 Å².